The minimum Gasteiger partial charge on any atom is -0.326 e. The highest BCUT2D eigenvalue weighted by Gasteiger charge is 2.30. The van der Waals surface area contributed by atoms with Gasteiger partial charge in [-0.3, -0.25) is 9.59 Å². The molecule has 0 unspecified atom stereocenters. The average Bonchev–Trinajstić information content (AvgIpc) is 2.71. The minimum absolute atomic E-state index is 0.145. The van der Waals surface area contributed by atoms with Crippen LogP contribution in [0.1, 0.15) is 50.9 Å². The van der Waals surface area contributed by atoms with E-state index in [1.807, 2.05) is 6.07 Å². The second-order valence-electron chi connectivity index (χ2n) is 8.96. The number of hydrogen-bond donors (Lipinski definition) is 2. The SMILES string of the molecule is CC(=O)Nc1ccc(NC(=O)CSc2nc3c(cc2C#N)C[C@H](C(C)(C)C)CC3)cc1. The van der Waals surface area contributed by atoms with E-state index in [0.29, 0.717) is 27.9 Å². The van der Waals surface area contributed by atoms with E-state index in [4.69, 9.17) is 4.98 Å². The Bertz CT molecular complexity index is 1020. The zero-order valence-electron chi connectivity index (χ0n) is 18.4. The number of nitrogens with zero attached hydrogens (tertiary/aromatic N) is 2. The van der Waals surface area contributed by atoms with Crippen molar-refractivity contribution in [2.45, 2.75) is 52.0 Å². The molecule has 2 N–H and O–H groups in total. The Balaban J connectivity index is 1.63. The molecule has 1 atom stereocenters. The van der Waals surface area contributed by atoms with Crippen LogP contribution in [-0.2, 0) is 22.4 Å². The maximum absolute atomic E-state index is 12.4. The number of carbonyl (C=O) groups excluding carboxylic acids is 2. The van der Waals surface area contributed by atoms with Gasteiger partial charge in [-0.2, -0.15) is 5.26 Å². The topological polar surface area (TPSA) is 94.9 Å². The highest BCUT2D eigenvalue weighted by atomic mass is 32.2. The lowest BCUT2D eigenvalue weighted by molar-refractivity contribution is -0.114. The summed E-state index contributed by atoms with van der Waals surface area (Å²) in [5, 5.41) is 15.7. The van der Waals surface area contributed by atoms with Crippen LogP contribution in [0.3, 0.4) is 0 Å². The highest BCUT2D eigenvalue weighted by Crippen LogP contribution is 2.38. The molecule has 0 radical (unpaired) electrons. The molecule has 0 spiro atoms. The molecule has 1 aliphatic rings. The molecule has 3 rings (SSSR count). The lowest BCUT2D eigenvalue weighted by Gasteiger charge is -2.34. The molecule has 6 nitrogen and oxygen atoms in total. The number of fused-ring (bicyclic) bond motifs is 1. The fourth-order valence-corrected chi connectivity index (χ4v) is 4.52. The Hall–Kier alpha value is -2.85. The molecule has 1 aliphatic carbocycles. The molecule has 2 aromatic rings. The molecule has 31 heavy (non-hydrogen) atoms. The Labute approximate surface area is 187 Å². The molecule has 7 heteroatoms. The summed E-state index contributed by atoms with van der Waals surface area (Å²) in [6, 6.07) is 11.1. The number of amides is 2. The first-order valence-corrected chi connectivity index (χ1v) is 11.4. The Morgan fingerprint density at radius 3 is 2.42 bits per heavy atom. The standard InChI is InChI=1S/C24H28N4O2S/c1-15(29)26-19-6-8-20(9-7-19)27-22(30)14-31-23-17(13-25)11-16-12-18(24(2,3)4)5-10-21(16)28-23/h6-9,11,18H,5,10,12,14H2,1-4H3,(H,26,29)(H,27,30)/t18-/m1/s1. The minimum atomic E-state index is -0.173. The van der Waals surface area contributed by atoms with Crippen molar-refractivity contribution in [2.75, 3.05) is 16.4 Å². The van der Waals surface area contributed by atoms with Gasteiger partial charge in [0.15, 0.2) is 0 Å². The van der Waals surface area contributed by atoms with Crippen molar-refractivity contribution in [3.05, 3.63) is 47.2 Å². The summed E-state index contributed by atoms with van der Waals surface area (Å²) in [7, 11) is 0. The zero-order valence-corrected chi connectivity index (χ0v) is 19.2. The van der Waals surface area contributed by atoms with Crippen molar-refractivity contribution >= 4 is 35.0 Å². The Morgan fingerprint density at radius 1 is 1.19 bits per heavy atom. The summed E-state index contributed by atoms with van der Waals surface area (Å²) in [6.45, 7) is 8.23. The van der Waals surface area contributed by atoms with Crippen LogP contribution in [0.25, 0.3) is 0 Å². The average molecular weight is 437 g/mol. The van der Waals surface area contributed by atoms with E-state index in [9.17, 15) is 14.9 Å². The number of benzene rings is 1. The Kier molecular flexibility index (Phi) is 7.01. The van der Waals surface area contributed by atoms with Gasteiger partial charge in [-0.1, -0.05) is 32.5 Å². The van der Waals surface area contributed by atoms with Crippen molar-refractivity contribution in [1.29, 1.82) is 5.26 Å². The van der Waals surface area contributed by atoms with Gasteiger partial charge < -0.3 is 10.6 Å². The van der Waals surface area contributed by atoms with Crippen LogP contribution >= 0.6 is 11.8 Å². The number of carbonyl (C=O) groups is 2. The van der Waals surface area contributed by atoms with E-state index in [1.54, 1.807) is 24.3 Å². The third kappa shape index (κ3) is 6.08. The van der Waals surface area contributed by atoms with E-state index in [-0.39, 0.29) is 23.0 Å². The van der Waals surface area contributed by atoms with E-state index < -0.39 is 0 Å². The summed E-state index contributed by atoms with van der Waals surface area (Å²) in [5.41, 5.74) is 4.30. The van der Waals surface area contributed by atoms with Gasteiger partial charge in [0, 0.05) is 24.0 Å². The van der Waals surface area contributed by atoms with Crippen molar-refractivity contribution < 1.29 is 9.59 Å². The fraction of sp³-hybridized carbons (Fsp3) is 0.417. The van der Waals surface area contributed by atoms with E-state index in [0.717, 1.165) is 30.5 Å². The van der Waals surface area contributed by atoms with Crippen molar-refractivity contribution in [3.8, 4) is 6.07 Å². The first-order chi connectivity index (χ1) is 14.7. The van der Waals surface area contributed by atoms with Crippen molar-refractivity contribution in [2.24, 2.45) is 11.3 Å². The van der Waals surface area contributed by atoms with Gasteiger partial charge in [0.1, 0.15) is 11.1 Å². The number of nitrogens with one attached hydrogen (secondary N) is 2. The molecule has 1 heterocycles. The van der Waals surface area contributed by atoms with Gasteiger partial charge in [0.05, 0.1) is 11.3 Å². The van der Waals surface area contributed by atoms with Crippen LogP contribution in [0.2, 0.25) is 0 Å². The predicted molar refractivity (Wildman–Crippen MR) is 124 cm³/mol. The maximum atomic E-state index is 12.4. The largest absolute Gasteiger partial charge is 0.326 e. The summed E-state index contributed by atoms with van der Waals surface area (Å²) in [5.74, 6) is 0.425. The van der Waals surface area contributed by atoms with Crippen LogP contribution < -0.4 is 10.6 Å². The lowest BCUT2D eigenvalue weighted by Crippen LogP contribution is -2.27. The van der Waals surface area contributed by atoms with Gasteiger partial charge in [-0.05, 0) is 66.5 Å². The number of anilines is 2. The molecule has 0 saturated carbocycles. The number of rotatable bonds is 5. The Morgan fingerprint density at radius 2 is 1.84 bits per heavy atom. The molecule has 0 bridgehead atoms. The third-order valence-corrected chi connectivity index (χ3v) is 6.52. The third-order valence-electron chi connectivity index (χ3n) is 5.53. The zero-order chi connectivity index (χ0) is 22.6. The fourth-order valence-electron chi connectivity index (χ4n) is 3.75. The second-order valence-corrected chi connectivity index (χ2v) is 9.92. The summed E-state index contributed by atoms with van der Waals surface area (Å²) < 4.78 is 0. The predicted octanol–water partition coefficient (Wildman–Crippen LogP) is 4.79. The summed E-state index contributed by atoms with van der Waals surface area (Å²) in [4.78, 5) is 28.2. The lowest BCUT2D eigenvalue weighted by atomic mass is 9.71. The van der Waals surface area contributed by atoms with Crippen molar-refractivity contribution in [3.63, 3.8) is 0 Å². The molecule has 1 aromatic heterocycles. The van der Waals surface area contributed by atoms with Crippen LogP contribution in [0.5, 0.6) is 0 Å². The van der Waals surface area contributed by atoms with Gasteiger partial charge in [0.2, 0.25) is 11.8 Å². The molecular formula is C24H28N4O2S. The van der Waals surface area contributed by atoms with E-state index in [1.165, 1.54) is 18.7 Å². The number of aromatic nitrogens is 1. The molecular weight excluding hydrogens is 408 g/mol. The summed E-state index contributed by atoms with van der Waals surface area (Å²) >= 11 is 1.29. The van der Waals surface area contributed by atoms with Crippen molar-refractivity contribution in [1.82, 2.24) is 4.98 Å². The van der Waals surface area contributed by atoms with Gasteiger partial charge in [-0.25, -0.2) is 4.98 Å². The maximum Gasteiger partial charge on any atom is 0.234 e. The number of thioether (sulfide) groups is 1. The summed E-state index contributed by atoms with van der Waals surface area (Å²) in [6.07, 6.45) is 2.94. The number of hydrogen-bond acceptors (Lipinski definition) is 5. The first kappa shape index (κ1) is 22.8. The smallest absolute Gasteiger partial charge is 0.234 e. The second kappa shape index (κ2) is 9.52. The molecule has 2 amide bonds. The van der Waals surface area contributed by atoms with Crippen LogP contribution in [0.15, 0.2) is 35.4 Å². The van der Waals surface area contributed by atoms with E-state index in [2.05, 4.69) is 37.5 Å². The first-order valence-electron chi connectivity index (χ1n) is 10.4. The molecule has 0 aliphatic heterocycles. The van der Waals surface area contributed by atoms with Gasteiger partial charge in [0.25, 0.3) is 0 Å². The monoisotopic (exact) mass is 436 g/mol. The quantitative estimate of drug-likeness (QED) is 0.657. The highest BCUT2D eigenvalue weighted by molar-refractivity contribution is 8.00. The normalized spacial score (nSPS) is 15.5. The van der Waals surface area contributed by atoms with Crippen LogP contribution in [-0.4, -0.2) is 22.6 Å². The number of pyridine rings is 1. The van der Waals surface area contributed by atoms with Gasteiger partial charge >= 0.3 is 0 Å². The number of aryl methyl sites for hydroxylation is 1. The van der Waals surface area contributed by atoms with Crippen LogP contribution in [0.4, 0.5) is 11.4 Å². The van der Waals surface area contributed by atoms with E-state index >= 15 is 0 Å². The van der Waals surface area contributed by atoms with Gasteiger partial charge in [-0.15, -0.1) is 0 Å². The number of nitriles is 1. The molecule has 0 saturated heterocycles. The van der Waals surface area contributed by atoms with Crippen LogP contribution in [0, 0.1) is 22.7 Å². The molecule has 162 valence electrons. The molecule has 1 aromatic carbocycles. The molecule has 0 fully saturated rings.